The number of halogens is 1. The van der Waals surface area contributed by atoms with Crippen molar-refractivity contribution in [1.29, 1.82) is 5.26 Å². The number of guanidine groups is 1. The Morgan fingerprint density at radius 3 is 2.48 bits per heavy atom. The number of nitriles is 1. The summed E-state index contributed by atoms with van der Waals surface area (Å²) >= 11 is 0. The van der Waals surface area contributed by atoms with Crippen LogP contribution in [0.5, 0.6) is 11.5 Å². The van der Waals surface area contributed by atoms with Gasteiger partial charge in [-0.1, -0.05) is 0 Å². The first kappa shape index (κ1) is 19.3. The maximum absolute atomic E-state index is 8.91. The van der Waals surface area contributed by atoms with Crippen LogP contribution in [0.1, 0.15) is 13.8 Å². The molecule has 0 saturated carbocycles. The quantitative estimate of drug-likeness (QED) is 0.447. The van der Waals surface area contributed by atoms with E-state index in [0.29, 0.717) is 18.0 Å². The highest BCUT2D eigenvalue weighted by atomic mass is 127. The average molecular weight is 404 g/mol. The molecule has 0 bridgehead atoms. The molecule has 7 heteroatoms. The van der Waals surface area contributed by atoms with Gasteiger partial charge < -0.3 is 20.5 Å². The van der Waals surface area contributed by atoms with Crippen molar-refractivity contribution in [1.82, 2.24) is 0 Å². The highest BCUT2D eigenvalue weighted by Gasteiger charge is 2.15. The molecule has 1 aromatic rings. The summed E-state index contributed by atoms with van der Waals surface area (Å²) in [6.45, 7) is 3.94. The number of nitrogens with zero attached hydrogens (tertiary/aromatic N) is 2. The van der Waals surface area contributed by atoms with Gasteiger partial charge in [-0.3, -0.25) is 4.99 Å². The van der Waals surface area contributed by atoms with Gasteiger partial charge in [0.1, 0.15) is 0 Å². The first-order valence-corrected chi connectivity index (χ1v) is 6.12. The van der Waals surface area contributed by atoms with Crippen molar-refractivity contribution in [2.45, 2.75) is 13.8 Å². The molecule has 0 heterocycles. The van der Waals surface area contributed by atoms with Gasteiger partial charge in [-0.05, 0) is 26.0 Å². The second kappa shape index (κ2) is 8.56. The number of anilines is 1. The second-order valence-corrected chi connectivity index (χ2v) is 4.89. The normalized spacial score (nSPS) is 11.1. The fraction of sp³-hybridized carbons (Fsp3) is 0.429. The molecule has 3 N–H and O–H groups in total. The molecule has 0 fully saturated rings. The molecule has 21 heavy (non-hydrogen) atoms. The Morgan fingerprint density at radius 2 is 1.95 bits per heavy atom. The SMILES string of the molecule is COc1ccc(NC(N)=NCC(C)(C)C#N)cc1OC.I. The van der Waals surface area contributed by atoms with E-state index in [2.05, 4.69) is 16.4 Å². The standard InChI is InChI=1S/C14H20N4O2.HI/c1-14(2,8-15)9-17-13(16)18-10-5-6-11(19-3)12(7-10)20-4;/h5-7H,9H2,1-4H3,(H3,16,17,18);1H. The maximum Gasteiger partial charge on any atom is 0.193 e. The van der Waals surface area contributed by atoms with Crippen LogP contribution in [-0.4, -0.2) is 26.7 Å². The monoisotopic (exact) mass is 404 g/mol. The fourth-order valence-corrected chi connectivity index (χ4v) is 1.42. The predicted octanol–water partition coefficient (Wildman–Crippen LogP) is 2.60. The van der Waals surface area contributed by atoms with Crippen LogP contribution < -0.4 is 20.5 Å². The van der Waals surface area contributed by atoms with E-state index in [-0.39, 0.29) is 29.9 Å². The number of nitrogens with one attached hydrogen (secondary N) is 1. The van der Waals surface area contributed by atoms with Crippen LogP contribution in [0, 0.1) is 16.7 Å². The van der Waals surface area contributed by atoms with Gasteiger partial charge in [0.05, 0.1) is 32.2 Å². The van der Waals surface area contributed by atoms with Crippen LogP contribution in [-0.2, 0) is 0 Å². The Balaban J connectivity index is 0.00000400. The molecule has 1 rings (SSSR count). The Morgan fingerprint density at radius 1 is 1.33 bits per heavy atom. The minimum Gasteiger partial charge on any atom is -0.493 e. The molecule has 0 saturated heterocycles. The van der Waals surface area contributed by atoms with Crippen LogP contribution >= 0.6 is 24.0 Å². The number of nitrogens with two attached hydrogens (primary N) is 1. The summed E-state index contributed by atoms with van der Waals surface area (Å²) in [5.41, 5.74) is 5.98. The van der Waals surface area contributed by atoms with Crippen molar-refractivity contribution in [3.63, 3.8) is 0 Å². The Hall–Kier alpha value is -1.69. The van der Waals surface area contributed by atoms with E-state index in [0.717, 1.165) is 5.69 Å². The summed E-state index contributed by atoms with van der Waals surface area (Å²) < 4.78 is 10.4. The van der Waals surface area contributed by atoms with E-state index in [1.807, 2.05) is 0 Å². The number of rotatable bonds is 5. The fourth-order valence-electron chi connectivity index (χ4n) is 1.42. The van der Waals surface area contributed by atoms with E-state index in [1.54, 1.807) is 46.3 Å². The lowest BCUT2D eigenvalue weighted by molar-refractivity contribution is 0.355. The highest BCUT2D eigenvalue weighted by molar-refractivity contribution is 14.0. The first-order valence-electron chi connectivity index (χ1n) is 6.12. The van der Waals surface area contributed by atoms with Crippen molar-refractivity contribution in [2.75, 3.05) is 26.1 Å². The third kappa shape index (κ3) is 6.08. The van der Waals surface area contributed by atoms with Gasteiger partial charge in [0.2, 0.25) is 0 Å². The maximum atomic E-state index is 8.91. The number of aliphatic imine (C=N–C) groups is 1. The smallest absolute Gasteiger partial charge is 0.193 e. The summed E-state index contributed by atoms with van der Waals surface area (Å²) in [6, 6.07) is 7.50. The van der Waals surface area contributed by atoms with Crippen molar-refractivity contribution in [3.8, 4) is 17.6 Å². The minimum atomic E-state index is -0.538. The summed E-state index contributed by atoms with van der Waals surface area (Å²) in [7, 11) is 3.14. The lowest BCUT2D eigenvalue weighted by Crippen LogP contribution is -2.25. The van der Waals surface area contributed by atoms with Crippen molar-refractivity contribution in [2.24, 2.45) is 16.1 Å². The second-order valence-electron chi connectivity index (χ2n) is 4.89. The van der Waals surface area contributed by atoms with Gasteiger partial charge >= 0.3 is 0 Å². The van der Waals surface area contributed by atoms with Crippen LogP contribution in [0.25, 0.3) is 0 Å². The molecule has 6 nitrogen and oxygen atoms in total. The van der Waals surface area contributed by atoms with Crippen molar-refractivity contribution in [3.05, 3.63) is 18.2 Å². The summed E-state index contributed by atoms with van der Waals surface area (Å²) in [5.74, 6) is 1.49. The summed E-state index contributed by atoms with van der Waals surface area (Å²) in [5, 5.41) is 11.9. The number of ether oxygens (including phenoxy) is 2. The third-order valence-corrected chi connectivity index (χ3v) is 2.60. The van der Waals surface area contributed by atoms with Gasteiger partial charge in [-0.15, -0.1) is 24.0 Å². The van der Waals surface area contributed by atoms with E-state index >= 15 is 0 Å². The number of hydrogen-bond donors (Lipinski definition) is 2. The lowest BCUT2D eigenvalue weighted by atomic mass is 9.96. The van der Waals surface area contributed by atoms with Gasteiger partial charge in [-0.25, -0.2) is 0 Å². The van der Waals surface area contributed by atoms with Gasteiger partial charge in [0.25, 0.3) is 0 Å². The van der Waals surface area contributed by atoms with Crippen LogP contribution in [0.2, 0.25) is 0 Å². The summed E-state index contributed by atoms with van der Waals surface area (Å²) in [6.07, 6.45) is 0. The number of hydrogen-bond acceptors (Lipinski definition) is 4. The zero-order valence-electron chi connectivity index (χ0n) is 12.6. The molecule has 0 aliphatic carbocycles. The largest absolute Gasteiger partial charge is 0.493 e. The lowest BCUT2D eigenvalue weighted by Gasteiger charge is -2.13. The molecule has 0 atom stereocenters. The van der Waals surface area contributed by atoms with Crippen LogP contribution in [0.3, 0.4) is 0 Å². The van der Waals surface area contributed by atoms with Crippen LogP contribution in [0.15, 0.2) is 23.2 Å². The van der Waals surface area contributed by atoms with E-state index < -0.39 is 5.41 Å². The predicted molar refractivity (Wildman–Crippen MR) is 94.5 cm³/mol. The van der Waals surface area contributed by atoms with E-state index in [1.165, 1.54) is 0 Å². The van der Waals surface area contributed by atoms with Crippen molar-refractivity contribution < 1.29 is 9.47 Å². The molecule has 1 aromatic carbocycles. The molecule has 0 amide bonds. The van der Waals surface area contributed by atoms with Crippen LogP contribution in [0.4, 0.5) is 5.69 Å². The summed E-state index contributed by atoms with van der Waals surface area (Å²) in [4.78, 5) is 4.15. The van der Waals surface area contributed by atoms with E-state index in [9.17, 15) is 0 Å². The zero-order chi connectivity index (χ0) is 15.2. The molecule has 0 radical (unpaired) electrons. The zero-order valence-corrected chi connectivity index (χ0v) is 15.0. The van der Waals surface area contributed by atoms with Gasteiger partial charge in [-0.2, -0.15) is 5.26 Å². The molecule has 0 spiro atoms. The number of methoxy groups -OCH3 is 2. The highest BCUT2D eigenvalue weighted by Crippen LogP contribution is 2.29. The first-order chi connectivity index (χ1) is 9.41. The topological polar surface area (TPSA) is 92.7 Å². The number of benzene rings is 1. The Bertz CT molecular complexity index is 538. The third-order valence-electron chi connectivity index (χ3n) is 2.60. The Kier molecular flexibility index (Phi) is 7.88. The molecular formula is C14H21IN4O2. The molecule has 0 aliphatic rings. The molecule has 0 aromatic heterocycles. The Labute approximate surface area is 142 Å². The van der Waals surface area contributed by atoms with Gasteiger partial charge in [0.15, 0.2) is 17.5 Å². The van der Waals surface area contributed by atoms with Gasteiger partial charge in [0, 0.05) is 11.8 Å². The molecule has 116 valence electrons. The molecular weight excluding hydrogens is 383 g/mol. The molecule has 0 unspecified atom stereocenters. The average Bonchev–Trinajstić information content (AvgIpc) is 2.45. The van der Waals surface area contributed by atoms with Crippen molar-refractivity contribution >= 4 is 35.6 Å². The van der Waals surface area contributed by atoms with E-state index in [4.69, 9.17) is 20.5 Å². The molecule has 0 aliphatic heterocycles. The minimum absolute atomic E-state index is 0.